The third kappa shape index (κ3) is 3.28. The average molecular weight is 563 g/mol. The molecule has 2 nitrogen and oxygen atoms in total. The van der Waals surface area contributed by atoms with Gasteiger partial charge >= 0.3 is 0 Å². The molecule has 2 aromatic heterocycles. The van der Waals surface area contributed by atoms with E-state index >= 15 is 0 Å². The maximum atomic E-state index is 5.23. The van der Waals surface area contributed by atoms with Crippen molar-refractivity contribution in [2.45, 2.75) is 0 Å². The van der Waals surface area contributed by atoms with E-state index in [4.69, 9.17) is 9.97 Å². The van der Waals surface area contributed by atoms with Crippen molar-refractivity contribution in [1.82, 2.24) is 9.97 Å². The maximum Gasteiger partial charge on any atom is 0.0979 e. The van der Waals surface area contributed by atoms with Crippen molar-refractivity contribution < 1.29 is 0 Å². The Bertz CT molecular complexity index is 2700. The fraction of sp³-hybridized carbons (Fsp3) is 0. The zero-order valence-corrected chi connectivity index (χ0v) is 23.8. The third-order valence-corrected chi connectivity index (χ3v) is 10.2. The van der Waals surface area contributed by atoms with Crippen LogP contribution in [-0.2, 0) is 0 Å². The van der Waals surface area contributed by atoms with Crippen LogP contribution in [0.5, 0.6) is 0 Å². The lowest BCUT2D eigenvalue weighted by molar-refractivity contribution is 1.31. The monoisotopic (exact) mass is 562 g/mol. The van der Waals surface area contributed by atoms with Gasteiger partial charge in [0.2, 0.25) is 0 Å². The molecule has 0 unspecified atom stereocenters. The molecule has 10 rings (SSSR count). The summed E-state index contributed by atoms with van der Waals surface area (Å²) in [5.74, 6) is 0. The second kappa shape index (κ2) is 8.57. The van der Waals surface area contributed by atoms with Crippen molar-refractivity contribution in [2.75, 3.05) is 0 Å². The van der Waals surface area contributed by atoms with Crippen LogP contribution in [0.1, 0.15) is 0 Å². The first-order chi connectivity index (χ1) is 21.3. The molecule has 2 heterocycles. The maximum absolute atomic E-state index is 5.23. The van der Waals surface area contributed by atoms with Crippen LogP contribution in [0.15, 0.2) is 134 Å². The van der Waals surface area contributed by atoms with Gasteiger partial charge in [0.15, 0.2) is 0 Å². The summed E-state index contributed by atoms with van der Waals surface area (Å²) in [7, 11) is 0. The lowest BCUT2D eigenvalue weighted by Crippen LogP contribution is -1.92. The molecule has 10 aromatic rings. The molecule has 0 aliphatic carbocycles. The van der Waals surface area contributed by atoms with Gasteiger partial charge in [0.05, 0.1) is 22.9 Å². The Kier molecular flexibility index (Phi) is 4.63. The molecule has 198 valence electrons. The van der Waals surface area contributed by atoms with E-state index in [1.165, 1.54) is 63.6 Å². The molecular formula is C40H22N2S. The van der Waals surface area contributed by atoms with Crippen LogP contribution in [-0.4, -0.2) is 9.97 Å². The van der Waals surface area contributed by atoms with Gasteiger partial charge in [-0.05, 0) is 67.7 Å². The Hall–Kier alpha value is -5.38. The molecule has 0 N–H and O–H groups in total. The van der Waals surface area contributed by atoms with Crippen molar-refractivity contribution in [3.63, 3.8) is 0 Å². The van der Waals surface area contributed by atoms with Gasteiger partial charge in [-0.1, -0.05) is 103 Å². The van der Waals surface area contributed by atoms with E-state index in [0.717, 1.165) is 33.1 Å². The van der Waals surface area contributed by atoms with Crippen molar-refractivity contribution in [1.29, 1.82) is 0 Å². The first kappa shape index (κ1) is 23.2. The van der Waals surface area contributed by atoms with Crippen LogP contribution in [0.3, 0.4) is 0 Å². The molecule has 3 heteroatoms. The predicted molar refractivity (Wildman–Crippen MR) is 185 cm³/mol. The molecule has 0 atom stereocenters. The van der Waals surface area contributed by atoms with E-state index in [1.54, 1.807) is 0 Å². The number of rotatable bonds is 2. The standard InChI is InChI=1S/C40H22N2S/c1-3-9-32-29(7-1)30-8-2-4-10-33(30)40-39(32)41-22-34(42-40)26-15-13-23-12-14-25(20-27(23)21-26)28-18-19-36-38-31(28)17-16-24-6-5-11-35(43-36)37(24)38/h1-22H. The summed E-state index contributed by atoms with van der Waals surface area (Å²) >= 11 is 1.88. The van der Waals surface area contributed by atoms with E-state index in [-0.39, 0.29) is 0 Å². The summed E-state index contributed by atoms with van der Waals surface area (Å²) in [4.78, 5) is 10.2. The van der Waals surface area contributed by atoms with Gasteiger partial charge in [-0.15, -0.1) is 11.3 Å². The molecule has 0 saturated heterocycles. The number of nitrogens with zero attached hydrogens (tertiary/aromatic N) is 2. The highest BCUT2D eigenvalue weighted by Crippen LogP contribution is 2.44. The van der Waals surface area contributed by atoms with Crippen LogP contribution in [0, 0.1) is 0 Å². The second-order valence-corrected chi connectivity index (χ2v) is 12.5. The zero-order valence-electron chi connectivity index (χ0n) is 23.0. The summed E-state index contributed by atoms with van der Waals surface area (Å²) in [6, 6.07) is 46.2. The summed E-state index contributed by atoms with van der Waals surface area (Å²) in [5.41, 5.74) is 6.35. The van der Waals surface area contributed by atoms with Gasteiger partial charge in [-0.3, -0.25) is 4.98 Å². The fourth-order valence-corrected chi connectivity index (χ4v) is 8.19. The molecule has 0 amide bonds. The molecule has 0 aliphatic heterocycles. The summed E-state index contributed by atoms with van der Waals surface area (Å²) in [6.07, 6.45) is 1.93. The van der Waals surface area contributed by atoms with Crippen LogP contribution in [0.25, 0.3) is 96.7 Å². The molecule has 8 aromatic carbocycles. The van der Waals surface area contributed by atoms with Gasteiger partial charge < -0.3 is 0 Å². The van der Waals surface area contributed by atoms with Gasteiger partial charge in [0.25, 0.3) is 0 Å². The topological polar surface area (TPSA) is 25.8 Å². The second-order valence-electron chi connectivity index (χ2n) is 11.4. The first-order valence-electron chi connectivity index (χ1n) is 14.6. The predicted octanol–water partition coefficient (Wildman–Crippen LogP) is 11.4. The number of fused-ring (bicyclic) bond motifs is 7. The highest BCUT2D eigenvalue weighted by Gasteiger charge is 2.15. The summed E-state index contributed by atoms with van der Waals surface area (Å²) < 4.78 is 2.71. The van der Waals surface area contributed by atoms with Crippen molar-refractivity contribution in [3.8, 4) is 22.4 Å². The Morgan fingerprint density at radius 3 is 1.98 bits per heavy atom. The van der Waals surface area contributed by atoms with Gasteiger partial charge in [0.1, 0.15) is 0 Å². The number of hydrogen-bond acceptors (Lipinski definition) is 3. The SMILES string of the molecule is c1cc2ccc3c(-c4ccc5ccc(-c6cnc7c8ccccc8c8ccccc8c7n6)cc5c4)ccc4sc(c1)c2c43. The Morgan fingerprint density at radius 1 is 0.442 bits per heavy atom. The molecule has 0 aliphatic rings. The average Bonchev–Trinajstić information content (AvgIpc) is 3.46. The van der Waals surface area contributed by atoms with E-state index in [1.807, 2.05) is 17.5 Å². The largest absolute Gasteiger partial charge is 0.252 e. The van der Waals surface area contributed by atoms with Crippen LogP contribution in [0.2, 0.25) is 0 Å². The number of thiophene rings is 1. The van der Waals surface area contributed by atoms with E-state index in [0.29, 0.717) is 0 Å². The summed E-state index contributed by atoms with van der Waals surface area (Å²) in [6.45, 7) is 0. The molecule has 0 saturated carbocycles. The minimum absolute atomic E-state index is 0.886. The number of benzene rings is 8. The number of hydrogen-bond donors (Lipinski definition) is 0. The lowest BCUT2D eigenvalue weighted by Gasteiger charge is -2.12. The molecule has 0 radical (unpaired) electrons. The minimum atomic E-state index is 0.886. The molecule has 0 bridgehead atoms. The van der Waals surface area contributed by atoms with E-state index in [9.17, 15) is 0 Å². The normalized spacial score (nSPS) is 12.2. The Labute approximate surface area is 250 Å². The van der Waals surface area contributed by atoms with Crippen LogP contribution < -0.4 is 0 Å². The molecule has 43 heavy (non-hydrogen) atoms. The Balaban J connectivity index is 1.16. The number of aromatic nitrogens is 2. The van der Waals surface area contributed by atoms with E-state index < -0.39 is 0 Å². The highest BCUT2D eigenvalue weighted by molar-refractivity contribution is 7.26. The smallest absolute Gasteiger partial charge is 0.0979 e. The molecule has 0 fully saturated rings. The third-order valence-electron chi connectivity index (χ3n) is 9.04. The summed E-state index contributed by atoms with van der Waals surface area (Å²) in [5, 5.41) is 12.5. The Morgan fingerprint density at radius 2 is 1.14 bits per heavy atom. The van der Waals surface area contributed by atoms with E-state index in [2.05, 4.69) is 127 Å². The molecule has 0 spiro atoms. The molecular weight excluding hydrogens is 541 g/mol. The van der Waals surface area contributed by atoms with Gasteiger partial charge in [-0.25, -0.2) is 4.98 Å². The van der Waals surface area contributed by atoms with Crippen LogP contribution in [0.4, 0.5) is 0 Å². The quantitative estimate of drug-likeness (QED) is 0.196. The van der Waals surface area contributed by atoms with Crippen molar-refractivity contribution in [3.05, 3.63) is 134 Å². The first-order valence-corrected chi connectivity index (χ1v) is 15.4. The fourth-order valence-electron chi connectivity index (χ4n) is 7.03. The van der Waals surface area contributed by atoms with Crippen LogP contribution >= 0.6 is 11.3 Å². The zero-order chi connectivity index (χ0) is 28.1. The van der Waals surface area contributed by atoms with Crippen molar-refractivity contribution in [2.24, 2.45) is 0 Å². The van der Waals surface area contributed by atoms with Gasteiger partial charge in [0, 0.05) is 36.5 Å². The van der Waals surface area contributed by atoms with Crippen molar-refractivity contribution >= 4 is 85.6 Å². The highest BCUT2D eigenvalue weighted by atomic mass is 32.1. The van der Waals surface area contributed by atoms with Gasteiger partial charge in [-0.2, -0.15) is 0 Å². The minimum Gasteiger partial charge on any atom is -0.252 e. The lowest BCUT2D eigenvalue weighted by atomic mass is 9.93.